The van der Waals surface area contributed by atoms with Gasteiger partial charge in [-0.1, -0.05) is 13.3 Å². The van der Waals surface area contributed by atoms with Gasteiger partial charge in [-0.15, -0.1) is 0 Å². The van der Waals surface area contributed by atoms with Crippen LogP contribution >= 0.6 is 11.8 Å². The number of thioether (sulfide) groups is 1. The van der Waals surface area contributed by atoms with Gasteiger partial charge in [-0.3, -0.25) is 4.90 Å². The molecule has 0 aliphatic carbocycles. The van der Waals surface area contributed by atoms with E-state index in [9.17, 15) is 13.2 Å². The van der Waals surface area contributed by atoms with Gasteiger partial charge in [-0.05, 0) is 48.4 Å². The Morgan fingerprint density at radius 2 is 2.17 bits per heavy atom. The minimum absolute atomic E-state index is 0.162. The fraction of sp³-hybridized carbons (Fsp3) is 0.588. The van der Waals surface area contributed by atoms with E-state index in [1.54, 1.807) is 6.07 Å². The van der Waals surface area contributed by atoms with Gasteiger partial charge in [-0.25, -0.2) is 0 Å². The predicted molar refractivity (Wildman–Crippen MR) is 87.5 cm³/mol. The molecule has 132 valence electrons. The Morgan fingerprint density at radius 3 is 2.83 bits per heavy atom. The average Bonchev–Trinajstić information content (AvgIpc) is 2.94. The maximum absolute atomic E-state index is 13.0. The molecule has 0 bridgehead atoms. The number of nitriles is 1. The molecule has 1 aliphatic rings. The van der Waals surface area contributed by atoms with E-state index in [4.69, 9.17) is 10.00 Å². The van der Waals surface area contributed by atoms with Crippen LogP contribution in [-0.4, -0.2) is 30.7 Å². The largest absolute Gasteiger partial charge is 0.416 e. The van der Waals surface area contributed by atoms with Crippen LogP contribution < -0.4 is 0 Å². The molecule has 0 saturated carbocycles. The molecule has 7 heteroatoms. The molecule has 2 rings (SSSR count). The minimum Gasteiger partial charge on any atom is -0.377 e. The van der Waals surface area contributed by atoms with Gasteiger partial charge in [0.1, 0.15) is 5.40 Å². The second-order valence-corrected chi connectivity index (χ2v) is 6.78. The highest BCUT2D eigenvalue weighted by molar-refractivity contribution is 8.03. The van der Waals surface area contributed by atoms with Crippen LogP contribution in [0.3, 0.4) is 0 Å². The van der Waals surface area contributed by atoms with Crippen LogP contribution in [0.4, 0.5) is 13.2 Å². The van der Waals surface area contributed by atoms with Crippen molar-refractivity contribution >= 4 is 11.8 Å². The first-order chi connectivity index (χ1) is 11.4. The van der Waals surface area contributed by atoms with Crippen LogP contribution in [0.25, 0.3) is 0 Å². The zero-order valence-electron chi connectivity index (χ0n) is 13.6. The van der Waals surface area contributed by atoms with Gasteiger partial charge < -0.3 is 4.74 Å². The number of thiocyanates is 1. The quantitative estimate of drug-likeness (QED) is 0.403. The molecule has 24 heavy (non-hydrogen) atoms. The lowest BCUT2D eigenvalue weighted by Crippen LogP contribution is -2.23. The monoisotopic (exact) mass is 358 g/mol. The van der Waals surface area contributed by atoms with Gasteiger partial charge in [0.15, 0.2) is 0 Å². The van der Waals surface area contributed by atoms with E-state index in [1.165, 1.54) is 6.07 Å². The van der Waals surface area contributed by atoms with Gasteiger partial charge in [0, 0.05) is 31.1 Å². The van der Waals surface area contributed by atoms with Crippen molar-refractivity contribution in [3.8, 4) is 5.40 Å². The maximum Gasteiger partial charge on any atom is 0.416 e. The second kappa shape index (κ2) is 8.75. The fourth-order valence-electron chi connectivity index (χ4n) is 2.76. The molecular weight excluding hydrogens is 337 g/mol. The van der Waals surface area contributed by atoms with E-state index in [2.05, 4.69) is 11.8 Å². The highest BCUT2D eigenvalue weighted by Crippen LogP contribution is 2.33. The Bertz CT molecular complexity index is 586. The fourth-order valence-corrected chi connectivity index (χ4v) is 3.26. The van der Waals surface area contributed by atoms with Gasteiger partial charge in [0.05, 0.1) is 11.7 Å². The molecule has 1 aliphatic heterocycles. The van der Waals surface area contributed by atoms with Crippen molar-refractivity contribution in [2.75, 3.05) is 19.7 Å². The Balaban J connectivity index is 2.01. The molecule has 0 amide bonds. The number of rotatable bonds is 7. The summed E-state index contributed by atoms with van der Waals surface area (Å²) >= 11 is 0.754. The van der Waals surface area contributed by atoms with Crippen molar-refractivity contribution in [2.45, 2.75) is 49.9 Å². The minimum atomic E-state index is -4.41. The summed E-state index contributed by atoms with van der Waals surface area (Å²) in [5, 5.41) is 10.6. The SMILES string of the molecule is CCCCO[C@@H]1CCN(Cc2cc(SC#N)cc(C(F)(F)F)c2)C1. The van der Waals surface area contributed by atoms with E-state index in [1.807, 2.05) is 5.40 Å². The standard InChI is InChI=1S/C17H21F3N2OS/c1-2-3-6-23-15-4-5-22(11-15)10-13-7-14(17(18,19)20)9-16(8-13)24-12-21/h7-9,15H,2-6,10-11H2,1H3/t15-/m1/s1. The molecule has 1 saturated heterocycles. The van der Waals surface area contributed by atoms with Gasteiger partial charge in [0.25, 0.3) is 0 Å². The zero-order valence-corrected chi connectivity index (χ0v) is 14.4. The summed E-state index contributed by atoms with van der Waals surface area (Å²) in [4.78, 5) is 2.43. The zero-order chi connectivity index (χ0) is 17.6. The highest BCUT2D eigenvalue weighted by atomic mass is 32.2. The van der Waals surface area contributed by atoms with E-state index < -0.39 is 11.7 Å². The number of likely N-dealkylation sites (tertiary alicyclic amines) is 1. The van der Waals surface area contributed by atoms with Gasteiger partial charge in [0.2, 0.25) is 0 Å². The molecule has 1 fully saturated rings. The molecule has 0 aromatic heterocycles. The Kier molecular flexibility index (Phi) is 6.96. The van der Waals surface area contributed by atoms with Crippen molar-refractivity contribution in [3.05, 3.63) is 29.3 Å². The molecule has 1 aromatic carbocycles. The summed E-state index contributed by atoms with van der Waals surface area (Å²) in [6, 6.07) is 3.86. The summed E-state index contributed by atoms with van der Waals surface area (Å²) in [6.45, 7) is 4.83. The summed E-state index contributed by atoms with van der Waals surface area (Å²) < 4.78 is 44.8. The Morgan fingerprint density at radius 1 is 1.38 bits per heavy atom. The average molecular weight is 358 g/mol. The first kappa shape index (κ1) is 19.1. The predicted octanol–water partition coefficient (Wildman–Crippen LogP) is 4.67. The molecule has 1 aromatic rings. The van der Waals surface area contributed by atoms with Crippen molar-refractivity contribution in [2.24, 2.45) is 0 Å². The smallest absolute Gasteiger partial charge is 0.377 e. The van der Waals surface area contributed by atoms with Crippen LogP contribution in [0.1, 0.15) is 37.3 Å². The van der Waals surface area contributed by atoms with E-state index in [0.29, 0.717) is 17.0 Å². The van der Waals surface area contributed by atoms with E-state index >= 15 is 0 Å². The van der Waals surface area contributed by atoms with Crippen molar-refractivity contribution in [3.63, 3.8) is 0 Å². The normalized spacial score (nSPS) is 18.7. The van der Waals surface area contributed by atoms with Crippen LogP contribution in [0.2, 0.25) is 0 Å². The Hall–Kier alpha value is -1.23. The molecule has 0 radical (unpaired) electrons. The molecule has 1 heterocycles. The molecule has 0 N–H and O–H groups in total. The third kappa shape index (κ3) is 5.69. The number of nitrogens with zero attached hydrogens (tertiary/aromatic N) is 2. The summed E-state index contributed by atoms with van der Waals surface area (Å²) in [6.07, 6.45) is -1.23. The summed E-state index contributed by atoms with van der Waals surface area (Å²) in [5.74, 6) is 0. The highest BCUT2D eigenvalue weighted by Gasteiger charge is 2.31. The third-order valence-electron chi connectivity index (χ3n) is 3.94. The second-order valence-electron chi connectivity index (χ2n) is 5.93. The first-order valence-electron chi connectivity index (χ1n) is 8.03. The Labute approximate surface area is 144 Å². The van der Waals surface area contributed by atoms with E-state index in [-0.39, 0.29) is 6.10 Å². The molecule has 0 unspecified atom stereocenters. The van der Waals surface area contributed by atoms with Gasteiger partial charge in [-0.2, -0.15) is 18.4 Å². The van der Waals surface area contributed by atoms with Crippen molar-refractivity contribution < 1.29 is 17.9 Å². The molecular formula is C17H21F3N2OS. The lowest BCUT2D eigenvalue weighted by Gasteiger charge is -2.18. The number of halogens is 3. The number of alkyl halides is 3. The molecule has 1 atom stereocenters. The number of hydrogen-bond donors (Lipinski definition) is 0. The molecule has 0 spiro atoms. The van der Waals surface area contributed by atoms with Crippen LogP contribution in [0.15, 0.2) is 23.1 Å². The lowest BCUT2D eigenvalue weighted by atomic mass is 10.1. The third-order valence-corrected chi connectivity index (χ3v) is 4.51. The first-order valence-corrected chi connectivity index (χ1v) is 8.85. The maximum atomic E-state index is 13.0. The van der Waals surface area contributed by atoms with Crippen molar-refractivity contribution in [1.29, 1.82) is 5.26 Å². The summed E-state index contributed by atoms with van der Waals surface area (Å²) in [7, 11) is 0. The van der Waals surface area contributed by atoms with Crippen LogP contribution in [0.5, 0.6) is 0 Å². The lowest BCUT2D eigenvalue weighted by molar-refractivity contribution is -0.137. The number of ether oxygens (including phenoxy) is 1. The van der Waals surface area contributed by atoms with Crippen molar-refractivity contribution in [1.82, 2.24) is 4.90 Å². The topological polar surface area (TPSA) is 36.3 Å². The number of unbranched alkanes of at least 4 members (excludes halogenated alkanes) is 1. The number of benzene rings is 1. The molecule has 3 nitrogen and oxygen atoms in total. The van der Waals surface area contributed by atoms with Crippen LogP contribution in [0, 0.1) is 10.7 Å². The van der Waals surface area contributed by atoms with E-state index in [0.717, 1.165) is 56.8 Å². The summed E-state index contributed by atoms with van der Waals surface area (Å²) in [5.41, 5.74) is -0.121. The number of hydrogen-bond acceptors (Lipinski definition) is 4. The van der Waals surface area contributed by atoms with Gasteiger partial charge >= 0.3 is 6.18 Å². The van der Waals surface area contributed by atoms with Crippen LogP contribution in [-0.2, 0) is 17.5 Å².